The first-order valence-corrected chi connectivity index (χ1v) is 6.34. The normalized spacial score (nSPS) is 10.2. The first-order valence-electron chi connectivity index (χ1n) is 6.34. The number of benzene rings is 2. The second-order valence-corrected chi connectivity index (χ2v) is 4.23. The minimum Gasteiger partial charge on any atom is -0.294 e. The van der Waals surface area contributed by atoms with Gasteiger partial charge in [0.05, 0.1) is 12.3 Å². The van der Waals surface area contributed by atoms with Gasteiger partial charge in [-0.25, -0.2) is 0 Å². The smallest absolute Gasteiger partial charge is 0.162 e. The highest BCUT2D eigenvalue weighted by Gasteiger charge is 2.02. The van der Waals surface area contributed by atoms with Gasteiger partial charge in [0.25, 0.3) is 0 Å². The van der Waals surface area contributed by atoms with Crippen LogP contribution in [-0.2, 0) is 11.4 Å². The van der Waals surface area contributed by atoms with Crippen molar-refractivity contribution in [3.8, 4) is 0 Å². The van der Waals surface area contributed by atoms with Gasteiger partial charge in [-0.2, -0.15) is 0 Å². The van der Waals surface area contributed by atoms with E-state index in [4.69, 9.17) is 4.84 Å². The van der Waals surface area contributed by atoms with Gasteiger partial charge < -0.3 is 0 Å². The summed E-state index contributed by atoms with van der Waals surface area (Å²) in [7, 11) is 0. The van der Waals surface area contributed by atoms with Crippen molar-refractivity contribution in [2.45, 2.75) is 20.0 Å². The van der Waals surface area contributed by atoms with Gasteiger partial charge in [-0.1, -0.05) is 37.3 Å². The third-order valence-corrected chi connectivity index (χ3v) is 2.80. The van der Waals surface area contributed by atoms with Gasteiger partial charge in [-0.15, -0.1) is 0 Å². The van der Waals surface area contributed by atoms with Gasteiger partial charge in [0.1, 0.15) is 0 Å². The highest BCUT2D eigenvalue weighted by Crippen LogP contribution is 2.11. The zero-order chi connectivity index (χ0) is 13.5. The van der Waals surface area contributed by atoms with E-state index in [-0.39, 0.29) is 5.78 Å². The van der Waals surface area contributed by atoms with Crippen molar-refractivity contribution in [1.82, 2.24) is 0 Å². The molecule has 0 unspecified atom stereocenters. The van der Waals surface area contributed by atoms with Crippen LogP contribution >= 0.6 is 0 Å². The molecule has 0 saturated carbocycles. The van der Waals surface area contributed by atoms with Crippen LogP contribution in [0.4, 0.5) is 5.69 Å². The maximum Gasteiger partial charge on any atom is 0.162 e. The monoisotopic (exact) mass is 255 g/mol. The van der Waals surface area contributed by atoms with E-state index in [1.54, 1.807) is 12.1 Å². The zero-order valence-corrected chi connectivity index (χ0v) is 10.9. The zero-order valence-electron chi connectivity index (χ0n) is 10.9. The van der Waals surface area contributed by atoms with Crippen LogP contribution in [0.1, 0.15) is 29.3 Å². The van der Waals surface area contributed by atoms with Crippen LogP contribution in [0.5, 0.6) is 0 Å². The molecule has 0 aliphatic heterocycles. The molecule has 0 amide bonds. The predicted molar refractivity (Wildman–Crippen MR) is 75.9 cm³/mol. The first kappa shape index (κ1) is 13.3. The third-order valence-electron chi connectivity index (χ3n) is 2.80. The maximum atomic E-state index is 11.5. The van der Waals surface area contributed by atoms with Crippen LogP contribution in [-0.4, -0.2) is 5.78 Å². The van der Waals surface area contributed by atoms with Crippen LogP contribution < -0.4 is 5.48 Å². The maximum absolute atomic E-state index is 11.5. The summed E-state index contributed by atoms with van der Waals surface area (Å²) in [5.74, 6) is 0.150. The molecule has 0 fully saturated rings. The summed E-state index contributed by atoms with van der Waals surface area (Å²) in [5, 5.41) is 0. The Morgan fingerprint density at radius 3 is 2.37 bits per heavy atom. The molecule has 0 heterocycles. The lowest BCUT2D eigenvalue weighted by atomic mass is 10.1. The summed E-state index contributed by atoms with van der Waals surface area (Å²) < 4.78 is 0. The summed E-state index contributed by atoms with van der Waals surface area (Å²) in [4.78, 5) is 16.9. The van der Waals surface area contributed by atoms with E-state index in [9.17, 15) is 4.79 Å². The average molecular weight is 255 g/mol. The van der Waals surface area contributed by atoms with Crippen molar-refractivity contribution in [1.29, 1.82) is 0 Å². The number of Topliss-reactive ketones (excluding diaryl/α,β-unsaturated/α-hetero) is 1. The Morgan fingerprint density at radius 2 is 1.74 bits per heavy atom. The number of ketones is 1. The van der Waals surface area contributed by atoms with E-state index in [2.05, 4.69) is 5.48 Å². The summed E-state index contributed by atoms with van der Waals surface area (Å²) in [6, 6.07) is 17.2. The lowest BCUT2D eigenvalue weighted by Gasteiger charge is -2.07. The molecule has 2 aromatic carbocycles. The molecule has 0 atom stereocenters. The van der Waals surface area contributed by atoms with E-state index in [1.807, 2.05) is 49.4 Å². The number of hydrogen-bond acceptors (Lipinski definition) is 3. The molecule has 0 aliphatic rings. The molecule has 19 heavy (non-hydrogen) atoms. The van der Waals surface area contributed by atoms with Gasteiger partial charge in [-0.3, -0.25) is 15.1 Å². The molecule has 0 aromatic heterocycles. The van der Waals surface area contributed by atoms with Crippen molar-refractivity contribution >= 4 is 11.5 Å². The summed E-state index contributed by atoms with van der Waals surface area (Å²) in [6.07, 6.45) is 0.525. The third kappa shape index (κ3) is 3.93. The molecule has 98 valence electrons. The molecule has 2 rings (SSSR count). The number of anilines is 1. The average Bonchev–Trinajstić information content (AvgIpc) is 2.48. The minimum absolute atomic E-state index is 0.150. The fourth-order valence-electron chi connectivity index (χ4n) is 1.71. The summed E-state index contributed by atoms with van der Waals surface area (Å²) >= 11 is 0. The molecule has 1 N–H and O–H groups in total. The molecule has 0 saturated heterocycles. The standard InChI is InChI=1S/C16H17NO2/c1-2-16(18)14-8-10-15(11-9-14)17-19-12-13-6-4-3-5-7-13/h3-11,17H,2,12H2,1H3. The molecule has 3 nitrogen and oxygen atoms in total. The number of carbonyl (C=O) groups is 1. The molecular formula is C16H17NO2. The number of carbonyl (C=O) groups excluding carboxylic acids is 1. The SMILES string of the molecule is CCC(=O)c1ccc(NOCc2ccccc2)cc1. The van der Waals surface area contributed by atoms with Crippen molar-refractivity contribution < 1.29 is 9.63 Å². The Balaban J connectivity index is 1.85. The van der Waals surface area contributed by atoms with Gasteiger partial charge in [0.2, 0.25) is 0 Å². The van der Waals surface area contributed by atoms with Gasteiger partial charge >= 0.3 is 0 Å². The van der Waals surface area contributed by atoms with Crippen molar-refractivity contribution in [2.24, 2.45) is 0 Å². The van der Waals surface area contributed by atoms with Crippen LogP contribution in [0.15, 0.2) is 54.6 Å². The summed E-state index contributed by atoms with van der Waals surface area (Å²) in [5.41, 5.74) is 5.54. The van der Waals surface area contributed by atoms with E-state index in [0.29, 0.717) is 13.0 Å². The molecule has 0 radical (unpaired) electrons. The lowest BCUT2D eigenvalue weighted by Crippen LogP contribution is -2.02. The van der Waals surface area contributed by atoms with E-state index < -0.39 is 0 Å². The first-order chi connectivity index (χ1) is 9.29. The van der Waals surface area contributed by atoms with Gasteiger partial charge in [-0.05, 0) is 29.8 Å². The van der Waals surface area contributed by atoms with E-state index in [0.717, 1.165) is 16.8 Å². The van der Waals surface area contributed by atoms with Crippen LogP contribution in [0, 0.1) is 0 Å². The predicted octanol–water partition coefficient (Wildman–Crippen LogP) is 3.82. The molecule has 2 aromatic rings. The molecule has 0 spiro atoms. The van der Waals surface area contributed by atoms with E-state index >= 15 is 0 Å². The fourth-order valence-corrected chi connectivity index (χ4v) is 1.71. The highest BCUT2D eigenvalue weighted by atomic mass is 16.6. The molecule has 3 heteroatoms. The lowest BCUT2D eigenvalue weighted by molar-refractivity contribution is 0.0988. The van der Waals surface area contributed by atoms with Crippen LogP contribution in [0.3, 0.4) is 0 Å². The number of rotatable bonds is 6. The minimum atomic E-state index is 0.150. The Morgan fingerprint density at radius 1 is 1.05 bits per heavy atom. The van der Waals surface area contributed by atoms with Crippen molar-refractivity contribution in [3.63, 3.8) is 0 Å². The van der Waals surface area contributed by atoms with Crippen LogP contribution in [0.25, 0.3) is 0 Å². The second-order valence-electron chi connectivity index (χ2n) is 4.23. The molecular weight excluding hydrogens is 238 g/mol. The van der Waals surface area contributed by atoms with Gasteiger partial charge in [0.15, 0.2) is 5.78 Å². The second kappa shape index (κ2) is 6.71. The summed E-state index contributed by atoms with van der Waals surface area (Å²) in [6.45, 7) is 2.36. The Bertz CT molecular complexity index is 520. The van der Waals surface area contributed by atoms with Gasteiger partial charge in [0, 0.05) is 12.0 Å². The highest BCUT2D eigenvalue weighted by molar-refractivity contribution is 5.96. The number of hydrogen-bond donors (Lipinski definition) is 1. The Labute approximate surface area is 113 Å². The quantitative estimate of drug-likeness (QED) is 0.630. The fraction of sp³-hybridized carbons (Fsp3) is 0.188. The Hall–Kier alpha value is -2.13. The van der Waals surface area contributed by atoms with Crippen LogP contribution in [0.2, 0.25) is 0 Å². The largest absolute Gasteiger partial charge is 0.294 e. The number of nitrogens with one attached hydrogen (secondary N) is 1. The van der Waals surface area contributed by atoms with E-state index in [1.165, 1.54) is 0 Å². The van der Waals surface area contributed by atoms with Crippen molar-refractivity contribution in [3.05, 3.63) is 65.7 Å². The molecule has 0 aliphatic carbocycles. The molecule has 0 bridgehead atoms. The topological polar surface area (TPSA) is 38.3 Å². The Kier molecular flexibility index (Phi) is 4.70. The van der Waals surface area contributed by atoms with Crippen molar-refractivity contribution in [2.75, 3.05) is 5.48 Å².